The van der Waals surface area contributed by atoms with Crippen LogP contribution >= 0.6 is 11.6 Å². The van der Waals surface area contributed by atoms with Gasteiger partial charge in [0, 0.05) is 13.1 Å². The minimum Gasteiger partial charge on any atom is -0.481 e. The molecule has 1 rings (SSSR count). The molecule has 0 saturated heterocycles. The fourth-order valence-corrected chi connectivity index (χ4v) is 3.38. The maximum absolute atomic E-state index is 13.1. The molecule has 0 bridgehead atoms. The molecule has 5 nitrogen and oxygen atoms in total. The number of carboxylic acid groups (broad SMARTS) is 1. The van der Waals surface area contributed by atoms with Crippen LogP contribution in [0.4, 0.5) is 4.39 Å². The Morgan fingerprint density at radius 2 is 2.10 bits per heavy atom. The first-order chi connectivity index (χ1) is 9.20. The second-order valence-corrected chi connectivity index (χ2v) is 6.62. The van der Waals surface area contributed by atoms with E-state index in [-0.39, 0.29) is 23.0 Å². The van der Waals surface area contributed by atoms with Gasteiger partial charge in [0.15, 0.2) is 0 Å². The van der Waals surface area contributed by atoms with E-state index < -0.39 is 27.7 Å². The molecule has 1 N–H and O–H groups in total. The molecule has 1 unspecified atom stereocenters. The summed E-state index contributed by atoms with van der Waals surface area (Å²) in [6.07, 6.45) is 0. The molecule has 1 atom stereocenters. The SMILES string of the molecule is CCN(CC(C)C(=O)O)S(=O)(=O)c1ccc(F)c(Cl)c1. The molecule has 0 spiro atoms. The maximum atomic E-state index is 13.1. The lowest BCUT2D eigenvalue weighted by Crippen LogP contribution is -2.36. The largest absolute Gasteiger partial charge is 0.481 e. The van der Waals surface area contributed by atoms with E-state index in [2.05, 4.69) is 0 Å². The summed E-state index contributed by atoms with van der Waals surface area (Å²) < 4.78 is 38.8. The molecular formula is C12H15ClFNO4S. The standard InChI is InChI=1S/C12H15ClFNO4S/c1-3-15(7-8(2)12(16)17)20(18,19)9-4-5-11(14)10(13)6-9/h4-6,8H,3,7H2,1-2H3,(H,16,17). The third-order valence-corrected chi connectivity index (χ3v) is 5.01. The molecular weight excluding hydrogens is 309 g/mol. The van der Waals surface area contributed by atoms with Crippen LogP contribution in [0, 0.1) is 11.7 Å². The number of hydrogen-bond donors (Lipinski definition) is 1. The number of carboxylic acids is 1. The van der Waals surface area contributed by atoms with Crippen LogP contribution in [0.1, 0.15) is 13.8 Å². The van der Waals surface area contributed by atoms with E-state index in [1.807, 2.05) is 0 Å². The van der Waals surface area contributed by atoms with Gasteiger partial charge in [-0.15, -0.1) is 0 Å². The lowest BCUT2D eigenvalue weighted by molar-refractivity contribution is -0.141. The maximum Gasteiger partial charge on any atom is 0.307 e. The number of halogens is 2. The fourth-order valence-electron chi connectivity index (χ4n) is 1.57. The van der Waals surface area contributed by atoms with Crippen LogP contribution in [0.5, 0.6) is 0 Å². The lowest BCUT2D eigenvalue weighted by Gasteiger charge is -2.22. The molecule has 0 aliphatic carbocycles. The topological polar surface area (TPSA) is 74.7 Å². The molecule has 0 aliphatic rings. The first-order valence-corrected chi connectivity index (χ1v) is 7.70. The minimum absolute atomic E-state index is 0.106. The van der Waals surface area contributed by atoms with E-state index in [1.54, 1.807) is 6.92 Å². The second-order valence-electron chi connectivity index (χ2n) is 4.27. The van der Waals surface area contributed by atoms with Crippen molar-refractivity contribution in [2.75, 3.05) is 13.1 Å². The molecule has 112 valence electrons. The van der Waals surface area contributed by atoms with Gasteiger partial charge in [-0.05, 0) is 18.2 Å². The minimum atomic E-state index is -3.90. The first-order valence-electron chi connectivity index (χ1n) is 5.88. The van der Waals surface area contributed by atoms with Gasteiger partial charge in [-0.3, -0.25) is 4.79 Å². The van der Waals surface area contributed by atoms with Crippen LogP contribution in [-0.2, 0) is 14.8 Å². The Morgan fingerprint density at radius 3 is 2.55 bits per heavy atom. The zero-order valence-corrected chi connectivity index (χ0v) is 12.6. The average molecular weight is 324 g/mol. The number of nitrogens with zero attached hydrogens (tertiary/aromatic N) is 1. The van der Waals surface area contributed by atoms with Crippen molar-refractivity contribution >= 4 is 27.6 Å². The van der Waals surface area contributed by atoms with E-state index in [1.165, 1.54) is 6.92 Å². The number of aliphatic carboxylic acids is 1. The van der Waals surface area contributed by atoms with Crippen molar-refractivity contribution < 1.29 is 22.7 Å². The molecule has 0 fully saturated rings. The molecule has 0 saturated carbocycles. The van der Waals surface area contributed by atoms with Gasteiger partial charge >= 0.3 is 5.97 Å². The summed E-state index contributed by atoms with van der Waals surface area (Å²) in [7, 11) is -3.90. The Balaban J connectivity index is 3.11. The predicted octanol–water partition coefficient (Wildman–Crippen LogP) is 2.21. The number of carbonyl (C=O) groups is 1. The lowest BCUT2D eigenvalue weighted by atomic mass is 10.2. The first kappa shape index (κ1) is 16.9. The quantitative estimate of drug-likeness (QED) is 0.871. The van der Waals surface area contributed by atoms with Gasteiger partial charge in [0.05, 0.1) is 15.8 Å². The van der Waals surface area contributed by atoms with Crippen molar-refractivity contribution in [1.29, 1.82) is 0 Å². The second kappa shape index (κ2) is 6.51. The summed E-state index contributed by atoms with van der Waals surface area (Å²) in [5.41, 5.74) is 0. The van der Waals surface area contributed by atoms with E-state index in [0.29, 0.717) is 0 Å². The summed E-state index contributed by atoms with van der Waals surface area (Å²) >= 11 is 5.57. The third kappa shape index (κ3) is 3.68. The average Bonchev–Trinajstić information content (AvgIpc) is 2.38. The summed E-state index contributed by atoms with van der Waals surface area (Å²) in [5.74, 6) is -2.65. The van der Waals surface area contributed by atoms with Crippen LogP contribution in [0.2, 0.25) is 5.02 Å². The van der Waals surface area contributed by atoms with Gasteiger partial charge in [0.1, 0.15) is 5.82 Å². The highest BCUT2D eigenvalue weighted by Gasteiger charge is 2.27. The summed E-state index contributed by atoms with van der Waals surface area (Å²) in [4.78, 5) is 10.7. The van der Waals surface area contributed by atoms with Gasteiger partial charge < -0.3 is 5.11 Å². The number of rotatable bonds is 6. The van der Waals surface area contributed by atoms with Crippen molar-refractivity contribution in [3.8, 4) is 0 Å². The molecule has 0 aromatic heterocycles. The zero-order valence-electron chi connectivity index (χ0n) is 11.0. The highest BCUT2D eigenvalue weighted by molar-refractivity contribution is 7.89. The number of sulfonamides is 1. The van der Waals surface area contributed by atoms with Crippen molar-refractivity contribution in [3.05, 3.63) is 29.0 Å². The van der Waals surface area contributed by atoms with Crippen LogP contribution < -0.4 is 0 Å². The number of benzene rings is 1. The molecule has 0 radical (unpaired) electrons. The Morgan fingerprint density at radius 1 is 1.50 bits per heavy atom. The van der Waals surface area contributed by atoms with E-state index in [4.69, 9.17) is 16.7 Å². The van der Waals surface area contributed by atoms with Gasteiger partial charge in [-0.2, -0.15) is 4.31 Å². The van der Waals surface area contributed by atoms with Crippen molar-refractivity contribution in [3.63, 3.8) is 0 Å². The Hall–Kier alpha value is -1.18. The van der Waals surface area contributed by atoms with Crippen LogP contribution in [0.25, 0.3) is 0 Å². The van der Waals surface area contributed by atoms with Gasteiger partial charge in [0.25, 0.3) is 0 Å². The van der Waals surface area contributed by atoms with Gasteiger partial charge in [-0.1, -0.05) is 25.4 Å². The zero-order chi connectivity index (χ0) is 15.5. The smallest absolute Gasteiger partial charge is 0.307 e. The monoisotopic (exact) mass is 323 g/mol. The number of hydrogen-bond acceptors (Lipinski definition) is 3. The van der Waals surface area contributed by atoms with Crippen LogP contribution in [0.15, 0.2) is 23.1 Å². The van der Waals surface area contributed by atoms with Crippen molar-refractivity contribution in [2.45, 2.75) is 18.7 Å². The van der Waals surface area contributed by atoms with Gasteiger partial charge in [-0.25, -0.2) is 12.8 Å². The van der Waals surface area contributed by atoms with Crippen LogP contribution in [-0.4, -0.2) is 36.9 Å². The van der Waals surface area contributed by atoms with E-state index in [0.717, 1.165) is 22.5 Å². The molecule has 8 heteroatoms. The highest BCUT2D eigenvalue weighted by atomic mass is 35.5. The Labute approximate surface area is 122 Å². The highest BCUT2D eigenvalue weighted by Crippen LogP contribution is 2.22. The summed E-state index contributed by atoms with van der Waals surface area (Å²) in [6.45, 7) is 2.95. The van der Waals surface area contributed by atoms with Gasteiger partial charge in [0.2, 0.25) is 10.0 Å². The molecule has 0 amide bonds. The Kier molecular flexibility index (Phi) is 5.50. The third-order valence-electron chi connectivity index (χ3n) is 2.78. The predicted molar refractivity (Wildman–Crippen MR) is 72.6 cm³/mol. The fraction of sp³-hybridized carbons (Fsp3) is 0.417. The van der Waals surface area contributed by atoms with E-state index in [9.17, 15) is 17.6 Å². The molecule has 0 heterocycles. The molecule has 0 aliphatic heterocycles. The summed E-state index contributed by atoms with van der Waals surface area (Å²) in [6, 6.07) is 3.08. The van der Waals surface area contributed by atoms with Crippen molar-refractivity contribution in [1.82, 2.24) is 4.31 Å². The van der Waals surface area contributed by atoms with E-state index >= 15 is 0 Å². The summed E-state index contributed by atoms with van der Waals surface area (Å²) in [5, 5.41) is 8.55. The normalized spacial score (nSPS) is 13.4. The molecule has 20 heavy (non-hydrogen) atoms. The van der Waals surface area contributed by atoms with Crippen molar-refractivity contribution in [2.24, 2.45) is 5.92 Å². The molecule has 1 aromatic rings. The van der Waals surface area contributed by atoms with Crippen LogP contribution in [0.3, 0.4) is 0 Å². The Bertz CT molecular complexity index is 605. The molecule has 1 aromatic carbocycles.